The lowest BCUT2D eigenvalue weighted by Gasteiger charge is -2.29. The minimum atomic E-state index is -0.557. The highest BCUT2D eigenvalue weighted by Crippen LogP contribution is 2.48. The molecule has 0 atom stereocenters. The summed E-state index contributed by atoms with van der Waals surface area (Å²) >= 11 is 0. The standard InChI is InChI=1S/C23H25FN6O4/c1-33-23(7-8-23)22-26-20(27-34-22)17-19-21(32)29(12-11-28-9-5-14(31)6-10-28)18-15(24)3-2-4-16(18)30(19)13-25-17/h2-4,13-14,31H,5-12H2,1H3. The normalized spacial score (nSPS) is 18.8. The number of piperidine rings is 1. The lowest BCUT2D eigenvalue weighted by Crippen LogP contribution is -2.39. The molecule has 1 saturated heterocycles. The summed E-state index contributed by atoms with van der Waals surface area (Å²) < 4.78 is 29.0. The van der Waals surface area contributed by atoms with Crippen molar-refractivity contribution < 1.29 is 18.8 Å². The summed E-state index contributed by atoms with van der Waals surface area (Å²) in [4.78, 5) is 24.8. The minimum absolute atomic E-state index is 0.199. The van der Waals surface area contributed by atoms with Crippen LogP contribution in [0.5, 0.6) is 0 Å². The third kappa shape index (κ3) is 3.34. The third-order valence-electron chi connectivity index (χ3n) is 7.03. The number of hydrogen-bond donors (Lipinski definition) is 1. The molecule has 178 valence electrons. The maximum absolute atomic E-state index is 15.0. The maximum Gasteiger partial charge on any atom is 0.277 e. The van der Waals surface area contributed by atoms with Crippen LogP contribution in [-0.4, -0.2) is 66.9 Å². The number of para-hydroxylation sites is 1. The van der Waals surface area contributed by atoms with Crippen LogP contribution < -0.4 is 5.56 Å². The molecule has 10 nitrogen and oxygen atoms in total. The Morgan fingerprint density at radius 2 is 2.03 bits per heavy atom. The van der Waals surface area contributed by atoms with Crippen molar-refractivity contribution in [1.82, 2.24) is 29.0 Å². The summed E-state index contributed by atoms with van der Waals surface area (Å²) in [6, 6.07) is 4.72. The van der Waals surface area contributed by atoms with Gasteiger partial charge in [-0.05, 0) is 37.8 Å². The first-order chi connectivity index (χ1) is 16.5. The number of methoxy groups -OCH3 is 1. The maximum atomic E-state index is 15.0. The van der Waals surface area contributed by atoms with E-state index in [-0.39, 0.29) is 34.2 Å². The van der Waals surface area contributed by atoms with Gasteiger partial charge in [0.25, 0.3) is 11.4 Å². The van der Waals surface area contributed by atoms with Gasteiger partial charge in [-0.3, -0.25) is 9.20 Å². The molecular formula is C23H25FN6O4. The first-order valence-electron chi connectivity index (χ1n) is 11.5. The Hall–Kier alpha value is -3.15. The summed E-state index contributed by atoms with van der Waals surface area (Å²) in [5.41, 5.74) is 0.377. The molecule has 0 bridgehead atoms. The Morgan fingerprint density at radius 1 is 1.24 bits per heavy atom. The van der Waals surface area contributed by atoms with E-state index in [1.165, 1.54) is 17.0 Å². The van der Waals surface area contributed by atoms with Crippen molar-refractivity contribution in [3.63, 3.8) is 0 Å². The van der Waals surface area contributed by atoms with Crippen LogP contribution >= 0.6 is 0 Å². The number of hydrogen-bond acceptors (Lipinski definition) is 8. The van der Waals surface area contributed by atoms with E-state index in [0.29, 0.717) is 37.3 Å². The van der Waals surface area contributed by atoms with Crippen molar-refractivity contribution in [2.75, 3.05) is 26.7 Å². The number of imidazole rings is 1. The van der Waals surface area contributed by atoms with Crippen molar-refractivity contribution in [3.05, 3.63) is 46.6 Å². The zero-order valence-electron chi connectivity index (χ0n) is 18.8. The monoisotopic (exact) mass is 468 g/mol. The smallest absolute Gasteiger partial charge is 0.277 e. The molecule has 4 heterocycles. The molecular weight excluding hydrogens is 443 g/mol. The highest BCUT2D eigenvalue weighted by molar-refractivity contribution is 5.84. The molecule has 1 N–H and O–H groups in total. The molecule has 1 saturated carbocycles. The van der Waals surface area contributed by atoms with Crippen LogP contribution in [0.15, 0.2) is 33.8 Å². The molecule has 34 heavy (non-hydrogen) atoms. The van der Waals surface area contributed by atoms with Crippen LogP contribution in [0, 0.1) is 5.82 Å². The van der Waals surface area contributed by atoms with E-state index in [2.05, 4.69) is 20.0 Å². The van der Waals surface area contributed by atoms with Gasteiger partial charge in [-0.25, -0.2) is 9.37 Å². The van der Waals surface area contributed by atoms with Gasteiger partial charge < -0.3 is 23.8 Å². The van der Waals surface area contributed by atoms with Gasteiger partial charge in [0.15, 0.2) is 0 Å². The van der Waals surface area contributed by atoms with Gasteiger partial charge >= 0.3 is 0 Å². The van der Waals surface area contributed by atoms with Gasteiger partial charge in [0.05, 0.1) is 11.6 Å². The number of rotatable bonds is 6. The Balaban J connectivity index is 1.46. The predicted octanol–water partition coefficient (Wildman–Crippen LogP) is 1.93. The summed E-state index contributed by atoms with van der Waals surface area (Å²) in [7, 11) is 1.60. The summed E-state index contributed by atoms with van der Waals surface area (Å²) in [5, 5.41) is 13.8. The van der Waals surface area contributed by atoms with Gasteiger partial charge in [0.2, 0.25) is 5.82 Å². The number of aromatic nitrogens is 5. The highest BCUT2D eigenvalue weighted by atomic mass is 19.1. The average Bonchev–Trinajstić information content (AvgIpc) is 3.26. The van der Waals surface area contributed by atoms with Crippen LogP contribution in [0.1, 0.15) is 31.6 Å². The first-order valence-corrected chi connectivity index (χ1v) is 11.5. The van der Waals surface area contributed by atoms with Crippen LogP contribution in [-0.2, 0) is 16.9 Å². The summed E-state index contributed by atoms with van der Waals surface area (Å²) in [6.07, 6.45) is 4.18. The fourth-order valence-corrected chi connectivity index (χ4v) is 4.82. The molecule has 1 aromatic carbocycles. The molecule has 1 aliphatic carbocycles. The van der Waals surface area contributed by atoms with Gasteiger partial charge in [-0.15, -0.1) is 0 Å². The number of halogens is 1. The van der Waals surface area contributed by atoms with E-state index in [1.54, 1.807) is 23.6 Å². The largest absolute Gasteiger partial charge is 0.393 e. The number of ether oxygens (including phenoxy) is 1. The number of benzene rings is 1. The molecule has 0 spiro atoms. The Labute approximate surface area is 193 Å². The van der Waals surface area contributed by atoms with E-state index < -0.39 is 11.4 Å². The fraction of sp³-hybridized carbons (Fsp3) is 0.478. The van der Waals surface area contributed by atoms with Gasteiger partial charge in [-0.2, -0.15) is 4.98 Å². The Morgan fingerprint density at radius 3 is 2.76 bits per heavy atom. The second-order valence-electron chi connectivity index (χ2n) is 9.07. The van der Waals surface area contributed by atoms with Gasteiger partial charge in [0, 0.05) is 33.3 Å². The number of fused-ring (bicyclic) bond motifs is 3. The summed E-state index contributed by atoms with van der Waals surface area (Å²) in [5.74, 6) is 0.0919. The van der Waals surface area contributed by atoms with Crippen molar-refractivity contribution in [3.8, 4) is 11.5 Å². The molecule has 3 aromatic heterocycles. The van der Waals surface area contributed by atoms with Crippen molar-refractivity contribution in [1.29, 1.82) is 0 Å². The number of likely N-dealkylation sites (tertiary alicyclic amines) is 1. The van der Waals surface area contributed by atoms with Crippen molar-refractivity contribution in [2.45, 2.75) is 43.9 Å². The van der Waals surface area contributed by atoms with Crippen LogP contribution in [0.25, 0.3) is 28.1 Å². The second kappa shape index (κ2) is 7.97. The van der Waals surface area contributed by atoms with Crippen LogP contribution in [0.2, 0.25) is 0 Å². The molecule has 1 aliphatic heterocycles. The zero-order valence-corrected chi connectivity index (χ0v) is 18.8. The van der Waals surface area contributed by atoms with Crippen LogP contribution in [0.4, 0.5) is 4.39 Å². The Kier molecular flexibility index (Phi) is 5.01. The van der Waals surface area contributed by atoms with E-state index in [0.717, 1.165) is 25.9 Å². The van der Waals surface area contributed by atoms with E-state index >= 15 is 0 Å². The lowest BCUT2D eigenvalue weighted by molar-refractivity contribution is 0.0492. The van der Waals surface area contributed by atoms with Gasteiger partial charge in [0.1, 0.15) is 34.5 Å². The number of aliphatic hydroxyl groups excluding tert-OH is 1. The molecule has 2 aliphatic rings. The number of nitrogens with zero attached hydrogens (tertiary/aromatic N) is 6. The van der Waals surface area contributed by atoms with E-state index in [1.807, 2.05) is 0 Å². The first kappa shape index (κ1) is 21.4. The van der Waals surface area contributed by atoms with Crippen molar-refractivity contribution >= 4 is 16.6 Å². The molecule has 6 rings (SSSR count). The SMILES string of the molecule is COC1(c2nc(-c3ncn4c3c(=O)n(CCN3CCC(O)CC3)c3c(F)cccc34)no2)CC1. The molecule has 0 radical (unpaired) electrons. The summed E-state index contributed by atoms with van der Waals surface area (Å²) in [6.45, 7) is 2.35. The number of aliphatic hydroxyl groups is 1. The molecule has 4 aromatic rings. The van der Waals surface area contributed by atoms with Crippen LogP contribution in [0.3, 0.4) is 0 Å². The predicted molar refractivity (Wildman–Crippen MR) is 120 cm³/mol. The second-order valence-corrected chi connectivity index (χ2v) is 9.07. The zero-order chi connectivity index (χ0) is 23.4. The quantitative estimate of drug-likeness (QED) is 0.457. The highest BCUT2D eigenvalue weighted by Gasteiger charge is 2.50. The molecule has 0 unspecified atom stereocenters. The fourth-order valence-electron chi connectivity index (χ4n) is 4.82. The molecule has 11 heteroatoms. The average molecular weight is 468 g/mol. The Bertz CT molecular complexity index is 1430. The third-order valence-corrected chi connectivity index (χ3v) is 7.03. The minimum Gasteiger partial charge on any atom is -0.393 e. The van der Waals surface area contributed by atoms with Gasteiger partial charge in [-0.1, -0.05) is 11.2 Å². The molecule has 0 amide bonds. The van der Waals surface area contributed by atoms with Crippen molar-refractivity contribution in [2.24, 2.45) is 0 Å². The van der Waals surface area contributed by atoms with E-state index in [4.69, 9.17) is 9.26 Å². The lowest BCUT2D eigenvalue weighted by atomic mass is 10.1. The van der Waals surface area contributed by atoms with E-state index in [9.17, 15) is 14.3 Å². The molecule has 2 fully saturated rings. The topological polar surface area (TPSA) is 111 Å².